The van der Waals surface area contributed by atoms with E-state index < -0.39 is 0 Å². The Morgan fingerprint density at radius 1 is 0.755 bits per heavy atom. The molecular weight excluding hydrogens is 832 g/mol. The van der Waals surface area contributed by atoms with Crippen LogP contribution < -0.4 is 9.64 Å². The van der Waals surface area contributed by atoms with Crippen molar-refractivity contribution in [2.24, 2.45) is 10.9 Å². The molecule has 4 aromatic carbocycles. The number of benzene rings is 4. The van der Waals surface area contributed by atoms with E-state index in [9.17, 15) is 0 Å². The van der Waals surface area contributed by atoms with E-state index in [2.05, 4.69) is 143 Å². The molecule has 1 aliphatic rings. The molecule has 0 N–H and O–H groups in total. The largest absolute Gasteiger partial charge is 2.00 e. The van der Waals surface area contributed by atoms with Crippen LogP contribution in [0.2, 0.25) is 0 Å². The van der Waals surface area contributed by atoms with E-state index in [1.54, 1.807) is 0 Å². The molecule has 0 fully saturated rings. The molecule has 276 valence electrons. The fourth-order valence-electron chi connectivity index (χ4n) is 7.56. The van der Waals surface area contributed by atoms with Gasteiger partial charge in [-0.15, -0.1) is 41.3 Å². The Morgan fingerprint density at radius 3 is 2.09 bits per heavy atom. The van der Waals surface area contributed by atoms with Gasteiger partial charge in [-0.1, -0.05) is 110 Å². The number of fused-ring (bicyclic) bond motifs is 3. The van der Waals surface area contributed by atoms with Gasteiger partial charge in [0.25, 0.3) is 0 Å². The van der Waals surface area contributed by atoms with Crippen LogP contribution in [0.15, 0.2) is 102 Å². The molecule has 0 bridgehead atoms. The SMILES string of the molecule is CCCC(CCC)[C@H]1CN(c2cc(C(C)(C)C)cc(C(C)(C)C)c2)C(c2[c-]c(Oc3[c-]c4c(cc3)c3ccccc3n4-c3ccccn3)ccc2)=N1.[Pt+2]. The Morgan fingerprint density at radius 2 is 1.43 bits per heavy atom. The van der Waals surface area contributed by atoms with Crippen LogP contribution >= 0.6 is 0 Å². The molecular formula is C47H52N4OPt. The number of nitrogens with zero attached hydrogens (tertiary/aromatic N) is 4. The minimum Gasteiger partial charge on any atom is -0.503 e. The fraction of sp³-hybridized carbons (Fsp3) is 0.362. The minimum atomic E-state index is 0. The van der Waals surface area contributed by atoms with Gasteiger partial charge >= 0.3 is 21.1 Å². The fourth-order valence-corrected chi connectivity index (χ4v) is 7.56. The van der Waals surface area contributed by atoms with E-state index in [1.165, 1.54) is 29.7 Å². The molecule has 0 saturated heterocycles. The van der Waals surface area contributed by atoms with Crippen LogP contribution in [-0.2, 0) is 31.9 Å². The van der Waals surface area contributed by atoms with E-state index in [-0.39, 0.29) is 37.9 Å². The third-order valence-corrected chi connectivity index (χ3v) is 10.4. The quantitative estimate of drug-likeness (QED) is 0.129. The first-order valence-corrected chi connectivity index (χ1v) is 19.0. The number of pyridine rings is 1. The van der Waals surface area contributed by atoms with Gasteiger partial charge in [0.1, 0.15) is 5.82 Å². The first kappa shape index (κ1) is 38.5. The van der Waals surface area contributed by atoms with Crippen LogP contribution in [0, 0.1) is 18.1 Å². The maximum Gasteiger partial charge on any atom is 2.00 e. The van der Waals surface area contributed by atoms with Crippen molar-refractivity contribution in [2.45, 2.75) is 97.9 Å². The van der Waals surface area contributed by atoms with E-state index >= 15 is 0 Å². The first-order valence-electron chi connectivity index (χ1n) is 19.0. The van der Waals surface area contributed by atoms with Gasteiger partial charge in [-0.25, -0.2) is 4.98 Å². The second-order valence-corrected chi connectivity index (χ2v) is 16.4. The number of ether oxygens (including phenoxy) is 1. The zero-order chi connectivity index (χ0) is 36.6. The number of aromatic nitrogens is 2. The molecule has 6 heteroatoms. The van der Waals surface area contributed by atoms with Crippen molar-refractivity contribution < 1.29 is 25.8 Å². The Labute approximate surface area is 330 Å². The van der Waals surface area contributed by atoms with Gasteiger partial charge in [0.05, 0.1) is 11.9 Å². The van der Waals surface area contributed by atoms with Gasteiger partial charge in [0, 0.05) is 35.4 Å². The maximum absolute atomic E-state index is 6.58. The summed E-state index contributed by atoms with van der Waals surface area (Å²) in [5.41, 5.74) is 6.85. The smallest absolute Gasteiger partial charge is 0.503 e. The average molecular weight is 884 g/mol. The maximum atomic E-state index is 6.58. The number of anilines is 1. The van der Waals surface area contributed by atoms with Gasteiger partial charge in [-0.2, -0.15) is 6.07 Å². The predicted molar refractivity (Wildman–Crippen MR) is 218 cm³/mol. The molecule has 0 spiro atoms. The van der Waals surface area contributed by atoms with E-state index in [1.807, 2.05) is 36.5 Å². The van der Waals surface area contributed by atoms with Crippen molar-refractivity contribution in [3.63, 3.8) is 0 Å². The number of aliphatic imine (C=N–C) groups is 1. The first-order chi connectivity index (χ1) is 24.9. The van der Waals surface area contributed by atoms with Gasteiger partial charge in [0.15, 0.2) is 0 Å². The third kappa shape index (κ3) is 8.02. The van der Waals surface area contributed by atoms with Crippen LogP contribution in [-0.4, -0.2) is 28.0 Å². The molecule has 5 nitrogen and oxygen atoms in total. The summed E-state index contributed by atoms with van der Waals surface area (Å²) < 4.78 is 8.73. The summed E-state index contributed by atoms with van der Waals surface area (Å²) in [6.45, 7) is 19.3. The summed E-state index contributed by atoms with van der Waals surface area (Å²) in [6.07, 6.45) is 6.51. The molecule has 2 aromatic heterocycles. The molecule has 53 heavy (non-hydrogen) atoms. The van der Waals surface area contributed by atoms with Gasteiger partial charge < -0.3 is 19.2 Å². The second kappa shape index (κ2) is 15.6. The molecule has 0 radical (unpaired) electrons. The Bertz CT molecular complexity index is 2190. The minimum absolute atomic E-state index is 0. The molecule has 7 rings (SSSR count). The van der Waals surface area contributed by atoms with Gasteiger partial charge in [-0.3, -0.25) is 0 Å². The number of hydrogen-bond acceptors (Lipinski definition) is 4. The summed E-state index contributed by atoms with van der Waals surface area (Å²) in [5.74, 6) is 3.61. The molecule has 0 aliphatic carbocycles. The zero-order valence-electron chi connectivity index (χ0n) is 32.4. The van der Waals surface area contributed by atoms with Gasteiger partial charge in [0.2, 0.25) is 0 Å². The average Bonchev–Trinajstić information content (AvgIpc) is 3.71. The predicted octanol–water partition coefficient (Wildman–Crippen LogP) is 12.0. The van der Waals surface area contributed by atoms with Crippen molar-refractivity contribution in [3.05, 3.63) is 126 Å². The van der Waals surface area contributed by atoms with E-state index in [0.29, 0.717) is 17.4 Å². The van der Waals surface area contributed by atoms with Crippen molar-refractivity contribution >= 4 is 33.3 Å². The number of amidine groups is 1. The number of hydrogen-bond donors (Lipinski definition) is 0. The van der Waals surface area contributed by atoms with Crippen molar-refractivity contribution in [2.75, 3.05) is 11.4 Å². The summed E-state index contributed by atoms with van der Waals surface area (Å²) >= 11 is 0. The van der Waals surface area contributed by atoms with Crippen LogP contribution in [0.1, 0.15) is 97.8 Å². The Hall–Kier alpha value is -4.21. The Kier molecular flexibility index (Phi) is 11.4. The molecule has 0 amide bonds. The third-order valence-electron chi connectivity index (χ3n) is 10.4. The topological polar surface area (TPSA) is 42.6 Å². The summed E-state index contributed by atoms with van der Waals surface area (Å²) in [6, 6.07) is 39.3. The van der Waals surface area contributed by atoms with Crippen LogP contribution in [0.4, 0.5) is 5.69 Å². The molecule has 6 aromatic rings. The molecule has 0 saturated carbocycles. The van der Waals surface area contributed by atoms with Crippen molar-refractivity contribution in [3.8, 4) is 17.3 Å². The summed E-state index contributed by atoms with van der Waals surface area (Å²) in [4.78, 5) is 12.7. The molecule has 0 unspecified atom stereocenters. The van der Waals surface area contributed by atoms with Crippen LogP contribution in [0.5, 0.6) is 11.5 Å². The van der Waals surface area contributed by atoms with E-state index in [4.69, 9.17) is 9.73 Å². The molecule has 3 heterocycles. The number of rotatable bonds is 10. The summed E-state index contributed by atoms with van der Waals surface area (Å²) in [5, 5.41) is 2.26. The van der Waals surface area contributed by atoms with Crippen LogP contribution in [0.3, 0.4) is 0 Å². The molecule has 1 aliphatic heterocycles. The van der Waals surface area contributed by atoms with Crippen molar-refractivity contribution in [1.82, 2.24) is 9.55 Å². The van der Waals surface area contributed by atoms with Gasteiger partial charge in [-0.05, 0) is 76.4 Å². The normalized spacial score (nSPS) is 14.9. The summed E-state index contributed by atoms with van der Waals surface area (Å²) in [7, 11) is 0. The van der Waals surface area contributed by atoms with E-state index in [0.717, 1.165) is 58.4 Å². The monoisotopic (exact) mass is 883 g/mol. The number of para-hydroxylation sites is 1. The standard InChI is InChI=1S/C47H52N4O.Pt/c1-9-16-32(17-10-2)41-31-50(36-28-34(46(3,4)5)27-35(29-36)47(6,7)8)45(49-41)33-18-15-19-37(26-33)52-38-23-24-40-39-20-11-12-21-42(39)51(43(40)30-38)44-22-13-14-25-48-44;/h11-15,18-25,27-29,32,41H,9-10,16-17,31H2,1-8H3;/q-2;+2/t41-;/m1./s1. The molecule has 1 atom stereocenters. The second-order valence-electron chi connectivity index (χ2n) is 16.4. The Balaban J connectivity index is 0.00000481. The van der Waals surface area contributed by atoms with Crippen molar-refractivity contribution in [1.29, 1.82) is 0 Å². The van der Waals surface area contributed by atoms with Crippen LogP contribution in [0.25, 0.3) is 27.6 Å². The zero-order valence-corrected chi connectivity index (χ0v) is 34.7.